The monoisotopic (exact) mass is 470 g/mol. The van der Waals surface area contributed by atoms with E-state index < -0.39 is 0 Å². The lowest BCUT2D eigenvalue weighted by molar-refractivity contribution is -0.133. The van der Waals surface area contributed by atoms with Crippen LogP contribution in [0, 0.1) is 0 Å². The molecule has 0 radical (unpaired) electrons. The molecule has 2 aliphatic heterocycles. The minimum Gasteiger partial charge on any atom is -0.484 e. The Morgan fingerprint density at radius 1 is 0.939 bits per heavy atom. The van der Waals surface area contributed by atoms with E-state index in [1.807, 2.05) is 12.1 Å². The SMILES string of the molecule is O=C(COc1ccc(N2CCCC2=O)cc1)N1CCCN(C(=O)Nc2cccc(Cl)c2)CC1. The van der Waals surface area contributed by atoms with E-state index in [2.05, 4.69) is 5.32 Å². The van der Waals surface area contributed by atoms with Crippen LogP contribution in [0.25, 0.3) is 0 Å². The standard InChI is InChI=1S/C24H27ClN4O4/c25-18-4-1-5-19(16-18)26-24(32)28-12-3-11-27(14-15-28)23(31)17-33-21-9-7-20(8-10-21)29-13-2-6-22(29)30/h1,4-5,7-10,16H,2-3,6,11-15,17H2,(H,26,32). The van der Waals surface area contributed by atoms with E-state index in [0.29, 0.717) is 55.5 Å². The first-order valence-electron chi connectivity index (χ1n) is 11.1. The zero-order chi connectivity index (χ0) is 23.2. The normalized spacial score (nSPS) is 16.5. The third kappa shape index (κ3) is 5.96. The van der Waals surface area contributed by atoms with Gasteiger partial charge in [-0.15, -0.1) is 0 Å². The molecule has 174 valence electrons. The molecule has 1 N–H and O–H groups in total. The second-order valence-electron chi connectivity index (χ2n) is 8.09. The van der Waals surface area contributed by atoms with E-state index in [9.17, 15) is 14.4 Å². The average Bonchev–Trinajstić information content (AvgIpc) is 3.08. The topological polar surface area (TPSA) is 82.2 Å². The molecule has 0 atom stereocenters. The molecule has 9 heteroatoms. The first-order chi connectivity index (χ1) is 16.0. The Labute approximate surface area is 198 Å². The van der Waals surface area contributed by atoms with Gasteiger partial charge in [-0.2, -0.15) is 0 Å². The van der Waals surface area contributed by atoms with E-state index in [0.717, 1.165) is 18.7 Å². The Balaban J connectivity index is 1.24. The summed E-state index contributed by atoms with van der Waals surface area (Å²) in [6.45, 7) is 2.68. The Morgan fingerprint density at radius 3 is 2.42 bits per heavy atom. The summed E-state index contributed by atoms with van der Waals surface area (Å²) in [6.07, 6.45) is 2.15. The fourth-order valence-corrected chi connectivity index (χ4v) is 4.21. The highest BCUT2D eigenvalue weighted by molar-refractivity contribution is 6.30. The quantitative estimate of drug-likeness (QED) is 0.723. The van der Waals surface area contributed by atoms with E-state index in [1.54, 1.807) is 51.1 Å². The molecule has 2 aromatic carbocycles. The summed E-state index contributed by atoms with van der Waals surface area (Å²) < 4.78 is 5.67. The van der Waals surface area contributed by atoms with Gasteiger partial charge in [-0.25, -0.2) is 4.79 Å². The van der Waals surface area contributed by atoms with Crippen LogP contribution in [0.1, 0.15) is 19.3 Å². The number of halogens is 1. The van der Waals surface area contributed by atoms with E-state index in [-0.39, 0.29) is 24.5 Å². The van der Waals surface area contributed by atoms with Crippen LogP contribution < -0.4 is 15.0 Å². The summed E-state index contributed by atoms with van der Waals surface area (Å²) in [7, 11) is 0. The van der Waals surface area contributed by atoms with Crippen LogP contribution in [-0.2, 0) is 9.59 Å². The Kier molecular flexibility index (Phi) is 7.34. The second kappa shape index (κ2) is 10.6. The van der Waals surface area contributed by atoms with Crippen molar-refractivity contribution in [1.29, 1.82) is 0 Å². The Hall–Kier alpha value is -3.26. The molecule has 4 amide bonds. The first-order valence-corrected chi connectivity index (χ1v) is 11.5. The van der Waals surface area contributed by atoms with Crippen LogP contribution in [0.15, 0.2) is 48.5 Å². The highest BCUT2D eigenvalue weighted by Gasteiger charge is 2.23. The van der Waals surface area contributed by atoms with Crippen molar-refractivity contribution in [3.05, 3.63) is 53.6 Å². The fraction of sp³-hybridized carbons (Fsp3) is 0.375. The predicted octanol–water partition coefficient (Wildman–Crippen LogP) is 3.61. The molecule has 0 saturated carbocycles. The summed E-state index contributed by atoms with van der Waals surface area (Å²) in [5.41, 5.74) is 1.48. The van der Waals surface area contributed by atoms with Gasteiger partial charge in [0.15, 0.2) is 6.61 Å². The Morgan fingerprint density at radius 2 is 1.70 bits per heavy atom. The molecule has 0 spiro atoms. The molecule has 0 bridgehead atoms. The number of anilines is 2. The largest absolute Gasteiger partial charge is 0.484 e. The second-order valence-corrected chi connectivity index (χ2v) is 8.53. The van der Waals surface area contributed by atoms with Gasteiger partial charge in [0.2, 0.25) is 5.91 Å². The lowest BCUT2D eigenvalue weighted by atomic mass is 10.3. The van der Waals surface area contributed by atoms with Crippen molar-refractivity contribution in [3.63, 3.8) is 0 Å². The molecule has 0 unspecified atom stereocenters. The number of amides is 4. The molecule has 4 rings (SSSR count). The molecule has 33 heavy (non-hydrogen) atoms. The number of carbonyl (C=O) groups is 3. The van der Waals surface area contributed by atoms with Crippen molar-refractivity contribution in [2.75, 3.05) is 49.5 Å². The zero-order valence-electron chi connectivity index (χ0n) is 18.3. The van der Waals surface area contributed by atoms with E-state index >= 15 is 0 Å². The average molecular weight is 471 g/mol. The van der Waals surface area contributed by atoms with Gasteiger partial charge < -0.3 is 24.8 Å². The van der Waals surface area contributed by atoms with Gasteiger partial charge in [0.1, 0.15) is 5.75 Å². The van der Waals surface area contributed by atoms with Crippen LogP contribution in [0.3, 0.4) is 0 Å². The number of rotatable bonds is 5. The lowest BCUT2D eigenvalue weighted by Gasteiger charge is -2.22. The molecular formula is C24H27ClN4O4. The molecule has 2 heterocycles. The van der Waals surface area contributed by atoms with Crippen molar-refractivity contribution < 1.29 is 19.1 Å². The van der Waals surface area contributed by atoms with Crippen molar-refractivity contribution in [3.8, 4) is 5.75 Å². The van der Waals surface area contributed by atoms with Crippen molar-refractivity contribution in [2.24, 2.45) is 0 Å². The van der Waals surface area contributed by atoms with Gasteiger partial charge in [-0.3, -0.25) is 9.59 Å². The minimum atomic E-state index is -0.209. The van der Waals surface area contributed by atoms with Gasteiger partial charge in [0, 0.05) is 55.5 Å². The van der Waals surface area contributed by atoms with E-state index in [1.165, 1.54) is 0 Å². The highest BCUT2D eigenvalue weighted by Crippen LogP contribution is 2.24. The maximum Gasteiger partial charge on any atom is 0.321 e. The first kappa shape index (κ1) is 22.9. The highest BCUT2D eigenvalue weighted by atomic mass is 35.5. The summed E-state index contributed by atoms with van der Waals surface area (Å²) in [5.74, 6) is 0.595. The number of ether oxygens (including phenoxy) is 1. The summed E-state index contributed by atoms with van der Waals surface area (Å²) in [4.78, 5) is 42.3. The number of benzene rings is 2. The van der Waals surface area contributed by atoms with Crippen LogP contribution >= 0.6 is 11.6 Å². The molecule has 2 fully saturated rings. The minimum absolute atomic E-state index is 0.0727. The van der Waals surface area contributed by atoms with Gasteiger partial charge in [0.25, 0.3) is 5.91 Å². The smallest absolute Gasteiger partial charge is 0.321 e. The van der Waals surface area contributed by atoms with Gasteiger partial charge in [-0.05, 0) is 55.3 Å². The molecular weight excluding hydrogens is 444 g/mol. The predicted molar refractivity (Wildman–Crippen MR) is 127 cm³/mol. The Bertz CT molecular complexity index is 1010. The molecule has 8 nitrogen and oxygen atoms in total. The van der Waals surface area contributed by atoms with Gasteiger partial charge in [0.05, 0.1) is 0 Å². The third-order valence-electron chi connectivity index (χ3n) is 5.80. The zero-order valence-corrected chi connectivity index (χ0v) is 19.1. The fourth-order valence-electron chi connectivity index (χ4n) is 4.02. The molecule has 0 aliphatic carbocycles. The van der Waals surface area contributed by atoms with Crippen molar-refractivity contribution in [1.82, 2.24) is 9.80 Å². The maximum absolute atomic E-state index is 12.7. The van der Waals surface area contributed by atoms with E-state index in [4.69, 9.17) is 16.3 Å². The van der Waals surface area contributed by atoms with Crippen molar-refractivity contribution in [2.45, 2.75) is 19.3 Å². The summed E-state index contributed by atoms with van der Waals surface area (Å²) in [6, 6.07) is 14.0. The summed E-state index contributed by atoms with van der Waals surface area (Å²) in [5, 5.41) is 3.40. The van der Waals surface area contributed by atoms with Crippen molar-refractivity contribution >= 4 is 40.8 Å². The number of carbonyl (C=O) groups excluding carboxylic acids is 3. The van der Waals surface area contributed by atoms with Crippen LogP contribution in [0.5, 0.6) is 5.75 Å². The molecule has 0 aromatic heterocycles. The molecule has 2 saturated heterocycles. The number of nitrogens with zero attached hydrogens (tertiary/aromatic N) is 3. The van der Waals surface area contributed by atoms with Gasteiger partial charge >= 0.3 is 6.03 Å². The number of urea groups is 1. The van der Waals surface area contributed by atoms with Crippen LogP contribution in [0.4, 0.5) is 16.2 Å². The third-order valence-corrected chi connectivity index (χ3v) is 6.03. The molecule has 2 aliphatic rings. The lowest BCUT2D eigenvalue weighted by Crippen LogP contribution is -2.40. The number of nitrogens with one attached hydrogen (secondary N) is 1. The maximum atomic E-state index is 12.7. The van der Waals surface area contributed by atoms with Crippen LogP contribution in [0.2, 0.25) is 5.02 Å². The van der Waals surface area contributed by atoms with Crippen LogP contribution in [-0.4, -0.2) is 67.0 Å². The number of hydrogen-bond donors (Lipinski definition) is 1. The summed E-state index contributed by atoms with van der Waals surface area (Å²) >= 11 is 5.97. The number of hydrogen-bond acceptors (Lipinski definition) is 4. The molecule has 2 aromatic rings. The van der Waals surface area contributed by atoms with Gasteiger partial charge in [-0.1, -0.05) is 17.7 Å².